The van der Waals surface area contributed by atoms with E-state index in [4.69, 9.17) is 21.1 Å². The highest BCUT2D eigenvalue weighted by Gasteiger charge is 2.78. The molecule has 186 valence electrons. The number of piperidine rings is 1. The first-order valence-electron chi connectivity index (χ1n) is 12.4. The van der Waals surface area contributed by atoms with Crippen LogP contribution in [-0.4, -0.2) is 47.2 Å². The molecule has 3 aromatic rings. The quantitative estimate of drug-likeness (QED) is 0.374. The summed E-state index contributed by atoms with van der Waals surface area (Å²) in [6.07, 6.45) is 3.86. The number of hydrogen-bond acceptors (Lipinski definition) is 6. The monoisotopic (exact) mass is 514 g/mol. The number of ether oxygens (including phenoxy) is 2. The fraction of sp³-hybridized carbons (Fsp3) is 0.276. The van der Waals surface area contributed by atoms with E-state index in [1.54, 1.807) is 29.2 Å². The number of halogens is 1. The predicted octanol–water partition coefficient (Wildman–Crippen LogP) is 4.32. The average Bonchev–Trinajstić information content (AvgIpc) is 3.20. The lowest BCUT2D eigenvalue weighted by molar-refractivity contribution is -0.264. The maximum Gasteiger partial charge on any atom is 0.361 e. The van der Waals surface area contributed by atoms with Crippen LogP contribution in [-0.2, 0) is 30.3 Å². The van der Waals surface area contributed by atoms with Gasteiger partial charge >= 0.3 is 23.6 Å². The molecule has 2 saturated heterocycles. The van der Waals surface area contributed by atoms with Gasteiger partial charge in [-0.15, -0.1) is 0 Å². The van der Waals surface area contributed by atoms with Crippen molar-refractivity contribution in [3.63, 3.8) is 0 Å². The van der Waals surface area contributed by atoms with Gasteiger partial charge in [-0.1, -0.05) is 48.0 Å². The highest BCUT2D eigenvalue weighted by atomic mass is 35.5. The Kier molecular flexibility index (Phi) is 4.81. The summed E-state index contributed by atoms with van der Waals surface area (Å²) < 4.78 is 11.3. The lowest BCUT2D eigenvalue weighted by Crippen LogP contribution is -2.86. The molecule has 7 rings (SSSR count). The first-order chi connectivity index (χ1) is 17.9. The van der Waals surface area contributed by atoms with Gasteiger partial charge in [-0.2, -0.15) is 0 Å². The zero-order chi connectivity index (χ0) is 25.4. The van der Waals surface area contributed by atoms with Crippen LogP contribution in [0.15, 0.2) is 72.8 Å². The second-order valence-electron chi connectivity index (χ2n) is 10.1. The maximum atomic E-state index is 13.7. The second-order valence-corrected chi connectivity index (χ2v) is 10.5. The van der Waals surface area contributed by atoms with Crippen molar-refractivity contribution in [3.05, 3.63) is 89.0 Å². The number of carbonyl (C=O) groups is 3. The molecule has 37 heavy (non-hydrogen) atoms. The van der Waals surface area contributed by atoms with Gasteiger partial charge in [0.05, 0.1) is 0 Å². The van der Waals surface area contributed by atoms with Crippen LogP contribution in [0, 0.1) is 0 Å². The van der Waals surface area contributed by atoms with Gasteiger partial charge in [0.25, 0.3) is 0 Å². The summed E-state index contributed by atoms with van der Waals surface area (Å²) in [6.45, 7) is 1.27. The highest BCUT2D eigenvalue weighted by molar-refractivity contribution is 6.30. The summed E-state index contributed by atoms with van der Waals surface area (Å²) in [5.41, 5.74) is 2.25. The molecule has 8 heteroatoms. The Morgan fingerprint density at radius 1 is 0.838 bits per heavy atom. The van der Waals surface area contributed by atoms with E-state index in [0.717, 1.165) is 18.6 Å². The van der Waals surface area contributed by atoms with E-state index in [1.807, 2.05) is 0 Å². The lowest BCUT2D eigenvalue weighted by atomic mass is 9.69. The predicted molar refractivity (Wildman–Crippen MR) is 137 cm³/mol. The van der Waals surface area contributed by atoms with Gasteiger partial charge in [0.2, 0.25) is 0 Å². The van der Waals surface area contributed by atoms with Crippen molar-refractivity contribution < 1.29 is 23.9 Å². The van der Waals surface area contributed by atoms with Gasteiger partial charge in [0, 0.05) is 42.0 Å². The first-order valence-corrected chi connectivity index (χ1v) is 12.8. The largest absolute Gasteiger partial charge is 0.408 e. The third-order valence-corrected chi connectivity index (χ3v) is 8.57. The van der Waals surface area contributed by atoms with Crippen molar-refractivity contribution in [2.75, 3.05) is 18.0 Å². The summed E-state index contributed by atoms with van der Waals surface area (Å²) in [7, 11) is 0. The van der Waals surface area contributed by atoms with Crippen LogP contribution in [0.3, 0.4) is 0 Å². The van der Waals surface area contributed by atoms with Crippen LogP contribution in [0.1, 0.15) is 30.0 Å². The van der Waals surface area contributed by atoms with Gasteiger partial charge in [-0.3, -0.25) is 14.6 Å². The number of carbonyl (C=O) groups excluding carboxylic acids is 3. The molecule has 2 fully saturated rings. The van der Waals surface area contributed by atoms with Crippen LogP contribution in [0.4, 0.5) is 5.69 Å². The number of benzene rings is 3. The maximum absolute atomic E-state index is 13.7. The Balaban J connectivity index is 1.24. The minimum atomic E-state index is -1.99. The summed E-state index contributed by atoms with van der Waals surface area (Å²) in [4.78, 5) is 42.6. The zero-order valence-corrected chi connectivity index (χ0v) is 20.6. The molecule has 2 spiro atoms. The Morgan fingerprint density at radius 2 is 1.49 bits per heavy atom. The summed E-state index contributed by atoms with van der Waals surface area (Å²) in [5.74, 6) is -4.09. The molecular formula is C29H23ClN2O5. The van der Waals surface area contributed by atoms with Crippen molar-refractivity contribution >= 4 is 45.9 Å². The summed E-state index contributed by atoms with van der Waals surface area (Å²) >= 11 is 6.10. The molecule has 3 aromatic carbocycles. The van der Waals surface area contributed by atoms with Gasteiger partial charge in [-0.05, 0) is 65.4 Å². The van der Waals surface area contributed by atoms with E-state index in [0.29, 0.717) is 36.6 Å². The molecule has 1 amide bonds. The number of esters is 2. The molecule has 1 aliphatic carbocycles. The fourth-order valence-corrected chi connectivity index (χ4v) is 6.80. The number of nitrogens with zero attached hydrogens (tertiary/aromatic N) is 2. The number of amides is 1. The molecule has 0 aromatic heterocycles. The van der Waals surface area contributed by atoms with E-state index in [9.17, 15) is 14.4 Å². The number of likely N-dealkylation sites (tertiary alicyclic amines) is 1. The molecule has 0 saturated carbocycles. The van der Waals surface area contributed by atoms with Crippen LogP contribution in [0.25, 0.3) is 10.8 Å². The smallest absolute Gasteiger partial charge is 0.361 e. The third-order valence-electron chi connectivity index (χ3n) is 8.32. The average molecular weight is 515 g/mol. The Bertz CT molecular complexity index is 1480. The Hall–Kier alpha value is -3.68. The van der Waals surface area contributed by atoms with Crippen molar-refractivity contribution in [2.24, 2.45) is 0 Å². The van der Waals surface area contributed by atoms with Gasteiger partial charge < -0.3 is 9.47 Å². The normalized spacial score (nSPS) is 23.8. The molecule has 3 aliphatic heterocycles. The fourth-order valence-electron chi connectivity index (χ4n) is 6.67. The van der Waals surface area contributed by atoms with E-state index in [-0.39, 0.29) is 6.04 Å². The molecule has 4 aliphatic rings. The second kappa shape index (κ2) is 7.91. The number of anilines is 1. The van der Waals surface area contributed by atoms with Crippen LogP contribution < -0.4 is 4.90 Å². The van der Waals surface area contributed by atoms with Crippen molar-refractivity contribution in [1.82, 2.24) is 4.90 Å². The number of rotatable bonds is 2. The van der Waals surface area contributed by atoms with Gasteiger partial charge in [0.15, 0.2) is 0 Å². The third kappa shape index (κ3) is 3.07. The van der Waals surface area contributed by atoms with Gasteiger partial charge in [-0.25, -0.2) is 9.59 Å². The van der Waals surface area contributed by atoms with Crippen molar-refractivity contribution in [2.45, 2.75) is 36.6 Å². The highest BCUT2D eigenvalue weighted by Crippen LogP contribution is 2.55. The summed E-state index contributed by atoms with van der Waals surface area (Å²) in [6, 6.07) is 20.0. The molecule has 7 nitrogen and oxygen atoms in total. The van der Waals surface area contributed by atoms with E-state index < -0.39 is 29.2 Å². The number of fused-ring (bicyclic) bond motifs is 1. The van der Waals surface area contributed by atoms with Crippen LogP contribution in [0.5, 0.6) is 0 Å². The van der Waals surface area contributed by atoms with E-state index in [1.165, 1.54) is 21.9 Å². The molecular weight excluding hydrogens is 492 g/mol. The lowest BCUT2D eigenvalue weighted by Gasteiger charge is -2.63. The molecule has 0 N–H and O–H groups in total. The van der Waals surface area contributed by atoms with Crippen LogP contribution in [0.2, 0.25) is 5.02 Å². The first kappa shape index (κ1) is 22.5. The Morgan fingerprint density at radius 3 is 2.16 bits per heavy atom. The standard InChI is InChI=1S/C29H23ClN2O5/c30-20-7-9-21(10-8-20)32-27(35)29(36-24(33)11-12-25(34)37-29)28(32)13-15-31(16-14-28)23-17-19-5-1-3-18-4-2-6-22(23)26(18)19/h1-12,23H,13-17H2. The Labute approximate surface area is 218 Å². The number of hydrogen-bond donors (Lipinski definition) is 0. The minimum Gasteiger partial charge on any atom is -0.408 e. The summed E-state index contributed by atoms with van der Waals surface area (Å²) in [5, 5.41) is 3.11. The zero-order valence-electron chi connectivity index (χ0n) is 19.9. The minimum absolute atomic E-state index is 0.218. The van der Waals surface area contributed by atoms with E-state index >= 15 is 0 Å². The molecule has 0 radical (unpaired) electrons. The molecule has 0 bridgehead atoms. The SMILES string of the molecule is O=C1C=CC(=O)OC2(O1)C(=O)N(c1ccc(Cl)cc1)C21CCN(C2Cc3cccc4cccc2c34)CC1. The molecule has 3 heterocycles. The van der Waals surface area contributed by atoms with Gasteiger partial charge in [0.1, 0.15) is 5.54 Å². The van der Waals surface area contributed by atoms with Crippen molar-refractivity contribution in [1.29, 1.82) is 0 Å². The topological polar surface area (TPSA) is 76.2 Å². The molecule has 1 atom stereocenters. The van der Waals surface area contributed by atoms with Crippen molar-refractivity contribution in [3.8, 4) is 0 Å². The van der Waals surface area contributed by atoms with E-state index in [2.05, 4.69) is 41.3 Å². The molecule has 1 unspecified atom stereocenters. The number of β-lactam (4-membered cyclic amide) rings is 1. The van der Waals surface area contributed by atoms with Crippen LogP contribution >= 0.6 is 11.6 Å².